The molecule has 0 bridgehead atoms. The van der Waals surface area contributed by atoms with E-state index in [0.717, 1.165) is 24.6 Å². The van der Waals surface area contributed by atoms with E-state index < -0.39 is 0 Å². The normalized spacial score (nSPS) is 18.9. The molecule has 5 heteroatoms. The maximum absolute atomic E-state index is 5.94. The number of hydrogen-bond donors (Lipinski definition) is 1. The molecule has 20 heavy (non-hydrogen) atoms. The Kier molecular flexibility index (Phi) is 4.23. The standard InChI is InChI=1S/C15H18ClN3O/c16-12-4-3-6-14(8-12)20-15-9-18-19(11-15)10-13-5-1-2-7-17-13/h3-4,6,8-9,11,13,17H,1-2,5,7,10H2. The molecule has 0 spiro atoms. The van der Waals surface area contributed by atoms with Crippen LogP contribution in [0.25, 0.3) is 0 Å². The van der Waals surface area contributed by atoms with Gasteiger partial charge in [0.05, 0.1) is 18.9 Å². The average Bonchev–Trinajstić information content (AvgIpc) is 2.87. The van der Waals surface area contributed by atoms with E-state index in [9.17, 15) is 0 Å². The van der Waals surface area contributed by atoms with Gasteiger partial charge in [0.1, 0.15) is 5.75 Å². The first-order valence-corrected chi connectivity index (χ1v) is 7.37. The lowest BCUT2D eigenvalue weighted by Gasteiger charge is -2.23. The molecule has 2 aromatic rings. The number of rotatable bonds is 4. The highest BCUT2D eigenvalue weighted by molar-refractivity contribution is 6.30. The molecular weight excluding hydrogens is 274 g/mol. The van der Waals surface area contributed by atoms with Crippen molar-refractivity contribution >= 4 is 11.6 Å². The third-order valence-electron chi connectivity index (χ3n) is 3.46. The molecule has 1 N–H and O–H groups in total. The minimum Gasteiger partial charge on any atom is -0.454 e. The number of nitrogens with one attached hydrogen (secondary N) is 1. The minimum absolute atomic E-state index is 0.516. The van der Waals surface area contributed by atoms with Crippen molar-refractivity contribution < 1.29 is 4.74 Å². The third-order valence-corrected chi connectivity index (χ3v) is 3.70. The van der Waals surface area contributed by atoms with Gasteiger partial charge in [-0.1, -0.05) is 24.1 Å². The van der Waals surface area contributed by atoms with Crippen LogP contribution >= 0.6 is 11.6 Å². The highest BCUT2D eigenvalue weighted by atomic mass is 35.5. The first kappa shape index (κ1) is 13.5. The summed E-state index contributed by atoms with van der Waals surface area (Å²) in [7, 11) is 0. The van der Waals surface area contributed by atoms with Gasteiger partial charge in [0, 0.05) is 11.1 Å². The van der Waals surface area contributed by atoms with Gasteiger partial charge in [0.25, 0.3) is 0 Å². The van der Waals surface area contributed by atoms with Crippen LogP contribution in [0.5, 0.6) is 11.5 Å². The molecule has 1 aliphatic heterocycles. The Morgan fingerprint density at radius 3 is 3.10 bits per heavy atom. The maximum Gasteiger partial charge on any atom is 0.165 e. The number of halogens is 1. The summed E-state index contributed by atoms with van der Waals surface area (Å²) >= 11 is 5.94. The van der Waals surface area contributed by atoms with E-state index in [-0.39, 0.29) is 0 Å². The second kappa shape index (κ2) is 6.29. The zero-order valence-corrected chi connectivity index (χ0v) is 12.0. The summed E-state index contributed by atoms with van der Waals surface area (Å²) in [4.78, 5) is 0. The molecule has 2 heterocycles. The molecule has 4 nitrogen and oxygen atoms in total. The molecular formula is C15H18ClN3O. The van der Waals surface area contributed by atoms with E-state index in [1.807, 2.05) is 29.1 Å². The van der Waals surface area contributed by atoms with Crippen molar-refractivity contribution in [3.8, 4) is 11.5 Å². The van der Waals surface area contributed by atoms with Crippen molar-refractivity contribution in [1.82, 2.24) is 15.1 Å². The van der Waals surface area contributed by atoms with Crippen molar-refractivity contribution in [3.05, 3.63) is 41.7 Å². The first-order valence-electron chi connectivity index (χ1n) is 6.99. The number of nitrogens with zero attached hydrogens (tertiary/aromatic N) is 2. The van der Waals surface area contributed by atoms with Crippen molar-refractivity contribution in [2.24, 2.45) is 0 Å². The summed E-state index contributed by atoms with van der Waals surface area (Å²) in [6.07, 6.45) is 7.45. The van der Waals surface area contributed by atoms with Crippen LogP contribution in [0.2, 0.25) is 5.02 Å². The van der Waals surface area contributed by atoms with Gasteiger partial charge < -0.3 is 10.1 Å². The fraction of sp³-hybridized carbons (Fsp3) is 0.400. The summed E-state index contributed by atoms with van der Waals surface area (Å²) in [5, 5.41) is 8.53. The van der Waals surface area contributed by atoms with Gasteiger partial charge in [-0.3, -0.25) is 4.68 Å². The topological polar surface area (TPSA) is 39.1 Å². The van der Waals surface area contributed by atoms with Crippen LogP contribution in [0.3, 0.4) is 0 Å². The molecule has 0 amide bonds. The lowest BCUT2D eigenvalue weighted by molar-refractivity contribution is 0.350. The molecule has 1 aromatic carbocycles. The highest BCUT2D eigenvalue weighted by Gasteiger charge is 2.13. The summed E-state index contributed by atoms with van der Waals surface area (Å²) < 4.78 is 7.67. The fourth-order valence-electron chi connectivity index (χ4n) is 2.47. The molecule has 106 valence electrons. The van der Waals surface area contributed by atoms with E-state index in [0.29, 0.717) is 11.1 Å². The molecule has 1 saturated heterocycles. The van der Waals surface area contributed by atoms with Gasteiger partial charge in [-0.15, -0.1) is 0 Å². The first-order chi connectivity index (χ1) is 9.79. The Morgan fingerprint density at radius 1 is 1.35 bits per heavy atom. The van der Waals surface area contributed by atoms with Crippen LogP contribution < -0.4 is 10.1 Å². The van der Waals surface area contributed by atoms with Crippen molar-refractivity contribution in [2.75, 3.05) is 6.54 Å². The van der Waals surface area contributed by atoms with Crippen molar-refractivity contribution in [1.29, 1.82) is 0 Å². The summed E-state index contributed by atoms with van der Waals surface area (Å²) in [5.74, 6) is 1.47. The van der Waals surface area contributed by atoms with Gasteiger partial charge in [-0.05, 0) is 37.6 Å². The Bertz CT molecular complexity index is 564. The molecule has 1 aromatic heterocycles. The minimum atomic E-state index is 0.516. The van der Waals surface area contributed by atoms with E-state index in [1.54, 1.807) is 12.3 Å². The van der Waals surface area contributed by atoms with Gasteiger partial charge in [-0.25, -0.2) is 0 Å². The SMILES string of the molecule is Clc1cccc(Oc2cnn(CC3CCCCN3)c2)c1. The molecule has 0 aliphatic carbocycles. The monoisotopic (exact) mass is 291 g/mol. The average molecular weight is 292 g/mol. The number of aromatic nitrogens is 2. The largest absolute Gasteiger partial charge is 0.454 e. The predicted octanol–water partition coefficient (Wildman–Crippen LogP) is 3.47. The summed E-state index contributed by atoms with van der Waals surface area (Å²) in [6, 6.07) is 7.89. The maximum atomic E-state index is 5.94. The molecule has 1 fully saturated rings. The Morgan fingerprint density at radius 2 is 2.30 bits per heavy atom. The highest BCUT2D eigenvalue weighted by Crippen LogP contribution is 2.23. The van der Waals surface area contributed by atoms with E-state index in [4.69, 9.17) is 16.3 Å². The molecule has 0 radical (unpaired) electrons. The van der Waals surface area contributed by atoms with Gasteiger partial charge in [0.2, 0.25) is 0 Å². The van der Waals surface area contributed by atoms with E-state index in [2.05, 4.69) is 10.4 Å². The van der Waals surface area contributed by atoms with Crippen molar-refractivity contribution in [2.45, 2.75) is 31.8 Å². The van der Waals surface area contributed by atoms with Crippen LogP contribution in [0, 0.1) is 0 Å². The van der Waals surface area contributed by atoms with Crippen LogP contribution in [-0.2, 0) is 6.54 Å². The predicted molar refractivity (Wildman–Crippen MR) is 79.4 cm³/mol. The van der Waals surface area contributed by atoms with Gasteiger partial charge >= 0.3 is 0 Å². The van der Waals surface area contributed by atoms with E-state index >= 15 is 0 Å². The fourth-order valence-corrected chi connectivity index (χ4v) is 2.65. The summed E-state index contributed by atoms with van der Waals surface area (Å²) in [6.45, 7) is 2.00. The van der Waals surface area contributed by atoms with Gasteiger partial charge in [0.15, 0.2) is 5.75 Å². The molecule has 3 rings (SSSR count). The second-order valence-electron chi connectivity index (χ2n) is 5.10. The lowest BCUT2D eigenvalue weighted by Crippen LogP contribution is -2.37. The number of piperidine rings is 1. The van der Waals surface area contributed by atoms with Crippen molar-refractivity contribution in [3.63, 3.8) is 0 Å². The smallest absolute Gasteiger partial charge is 0.165 e. The van der Waals surface area contributed by atoms with E-state index in [1.165, 1.54) is 19.3 Å². The lowest BCUT2D eigenvalue weighted by atomic mass is 10.1. The molecule has 1 unspecified atom stereocenters. The zero-order valence-electron chi connectivity index (χ0n) is 11.3. The Balaban J connectivity index is 1.61. The Hall–Kier alpha value is -1.52. The Labute approximate surface area is 123 Å². The molecule has 1 aliphatic rings. The molecule has 0 saturated carbocycles. The number of benzene rings is 1. The number of ether oxygens (including phenoxy) is 1. The third kappa shape index (κ3) is 3.52. The van der Waals surface area contributed by atoms with Crippen LogP contribution in [-0.4, -0.2) is 22.4 Å². The molecule has 1 atom stereocenters. The number of hydrogen-bond acceptors (Lipinski definition) is 3. The quantitative estimate of drug-likeness (QED) is 0.937. The summed E-state index contributed by atoms with van der Waals surface area (Å²) in [5.41, 5.74) is 0. The zero-order chi connectivity index (χ0) is 13.8. The second-order valence-corrected chi connectivity index (χ2v) is 5.54. The van der Waals surface area contributed by atoms with Crippen LogP contribution in [0.1, 0.15) is 19.3 Å². The van der Waals surface area contributed by atoms with Crippen LogP contribution in [0.15, 0.2) is 36.7 Å². The van der Waals surface area contributed by atoms with Gasteiger partial charge in [-0.2, -0.15) is 5.10 Å². The van der Waals surface area contributed by atoms with Crippen LogP contribution in [0.4, 0.5) is 0 Å².